The van der Waals surface area contributed by atoms with Crippen molar-refractivity contribution in [2.45, 2.75) is 0 Å². The van der Waals surface area contributed by atoms with Gasteiger partial charge in [-0.05, 0) is 30.3 Å². The Morgan fingerprint density at radius 1 is 1.19 bits per heavy atom. The summed E-state index contributed by atoms with van der Waals surface area (Å²) in [7, 11) is 0. The van der Waals surface area contributed by atoms with Crippen LogP contribution in [0.2, 0.25) is 0 Å². The Morgan fingerprint density at radius 2 is 2.03 bits per heavy atom. The van der Waals surface area contributed by atoms with Crippen molar-refractivity contribution < 1.29 is 4.79 Å². The Morgan fingerprint density at radius 3 is 2.84 bits per heavy atom. The van der Waals surface area contributed by atoms with E-state index in [0.29, 0.717) is 17.2 Å². The molecule has 1 fully saturated rings. The van der Waals surface area contributed by atoms with E-state index in [1.807, 2.05) is 59.1 Å². The van der Waals surface area contributed by atoms with Crippen LogP contribution in [-0.4, -0.2) is 61.5 Å². The number of halogens is 1. The van der Waals surface area contributed by atoms with Crippen LogP contribution in [0.25, 0.3) is 28.0 Å². The molecule has 5 rings (SSSR count). The summed E-state index contributed by atoms with van der Waals surface area (Å²) in [4.78, 5) is 37.9. The molecule has 0 spiro atoms. The second-order valence-electron chi connectivity index (χ2n) is 7.45. The third-order valence-corrected chi connectivity index (χ3v) is 6.87. The van der Waals surface area contributed by atoms with Gasteiger partial charge in [0.15, 0.2) is 0 Å². The number of amides is 1. The number of hydrogen-bond acceptors (Lipinski definition) is 5. The number of carbonyl (C=O) groups excluding carboxylic acids is 1. The maximum absolute atomic E-state index is 13.1. The number of rotatable bonds is 5. The van der Waals surface area contributed by atoms with Crippen molar-refractivity contribution in [1.29, 1.82) is 0 Å². The largest absolute Gasteiger partial charge is 0.361 e. The minimum atomic E-state index is -0.289. The zero-order chi connectivity index (χ0) is 22.1. The fraction of sp³-hybridized carbons (Fsp3) is 0.227. The Kier molecular flexibility index (Phi) is 5.79. The molecular weight excluding hydrogens is 492 g/mol. The van der Waals surface area contributed by atoms with E-state index in [1.54, 1.807) is 10.9 Å². The van der Waals surface area contributed by atoms with Gasteiger partial charge in [0, 0.05) is 34.6 Å². The lowest BCUT2D eigenvalue weighted by molar-refractivity contribution is -0.128. The highest BCUT2D eigenvalue weighted by Crippen LogP contribution is 2.30. The number of hydrogen-bond donors (Lipinski definition) is 3. The van der Waals surface area contributed by atoms with Crippen LogP contribution in [0, 0.1) is 0 Å². The first-order chi connectivity index (χ1) is 15.6. The van der Waals surface area contributed by atoms with Gasteiger partial charge in [0.25, 0.3) is 0 Å². The van der Waals surface area contributed by atoms with Gasteiger partial charge in [-0.15, -0.1) is 0 Å². The van der Waals surface area contributed by atoms with Gasteiger partial charge in [-0.25, -0.2) is 9.78 Å². The van der Waals surface area contributed by atoms with Gasteiger partial charge in [0.1, 0.15) is 5.82 Å². The molecular formula is C22H21BrN6O2S. The van der Waals surface area contributed by atoms with Gasteiger partial charge in [-0.2, -0.15) is 11.8 Å². The molecule has 0 radical (unpaired) electrons. The number of anilines is 1. The second kappa shape index (κ2) is 8.87. The smallest absolute Gasteiger partial charge is 0.332 e. The molecule has 1 aliphatic heterocycles. The minimum absolute atomic E-state index is 0.0259. The van der Waals surface area contributed by atoms with Crippen molar-refractivity contribution in [2.75, 3.05) is 36.5 Å². The van der Waals surface area contributed by atoms with Crippen LogP contribution < -0.4 is 11.0 Å². The first-order valence-electron chi connectivity index (χ1n) is 10.2. The SMILES string of the molecule is O=C(CNc1[nH]c(=O)n(-c2ccc3nc[nH]c3c2)c1-c1cccc(Br)c1)N1CCSCC1. The normalized spacial score (nSPS) is 14.1. The molecule has 0 atom stereocenters. The van der Waals surface area contributed by atoms with Crippen LogP contribution in [0.4, 0.5) is 5.82 Å². The fourth-order valence-electron chi connectivity index (χ4n) is 3.87. The van der Waals surface area contributed by atoms with Gasteiger partial charge >= 0.3 is 5.69 Å². The van der Waals surface area contributed by atoms with E-state index >= 15 is 0 Å². The van der Waals surface area contributed by atoms with Gasteiger partial charge in [0.05, 0.1) is 35.3 Å². The van der Waals surface area contributed by atoms with E-state index in [0.717, 1.165) is 45.7 Å². The molecule has 0 aliphatic carbocycles. The van der Waals surface area contributed by atoms with E-state index < -0.39 is 0 Å². The molecule has 164 valence electrons. The zero-order valence-corrected chi connectivity index (χ0v) is 19.5. The predicted octanol–water partition coefficient (Wildman–Crippen LogP) is 3.46. The quantitative estimate of drug-likeness (QED) is 0.380. The molecule has 0 bridgehead atoms. The van der Waals surface area contributed by atoms with Crippen LogP contribution in [0.5, 0.6) is 0 Å². The molecule has 2 aromatic carbocycles. The summed E-state index contributed by atoms with van der Waals surface area (Å²) in [6.07, 6.45) is 1.63. The third-order valence-electron chi connectivity index (χ3n) is 5.44. The molecule has 10 heteroatoms. The Bertz CT molecular complexity index is 1340. The summed E-state index contributed by atoms with van der Waals surface area (Å²) >= 11 is 5.38. The highest BCUT2D eigenvalue weighted by atomic mass is 79.9. The van der Waals surface area contributed by atoms with Crippen molar-refractivity contribution >= 4 is 50.5 Å². The number of nitrogens with zero attached hydrogens (tertiary/aromatic N) is 3. The van der Waals surface area contributed by atoms with Crippen LogP contribution in [0.15, 0.2) is 58.1 Å². The lowest BCUT2D eigenvalue weighted by Crippen LogP contribution is -2.41. The maximum Gasteiger partial charge on any atom is 0.332 e. The average Bonchev–Trinajstić information content (AvgIpc) is 3.41. The molecule has 8 nitrogen and oxygen atoms in total. The number of imidazole rings is 2. The average molecular weight is 513 g/mol. The summed E-state index contributed by atoms with van der Waals surface area (Å²) in [5.74, 6) is 2.45. The summed E-state index contributed by atoms with van der Waals surface area (Å²) in [6.45, 7) is 1.63. The van der Waals surface area contributed by atoms with Crippen molar-refractivity contribution in [2.24, 2.45) is 0 Å². The fourth-order valence-corrected chi connectivity index (χ4v) is 5.17. The summed E-state index contributed by atoms with van der Waals surface area (Å²) in [6, 6.07) is 13.4. The monoisotopic (exact) mass is 512 g/mol. The highest BCUT2D eigenvalue weighted by Gasteiger charge is 2.21. The predicted molar refractivity (Wildman–Crippen MR) is 132 cm³/mol. The van der Waals surface area contributed by atoms with Crippen molar-refractivity contribution in [3.05, 3.63) is 63.7 Å². The number of fused-ring (bicyclic) bond motifs is 1. The zero-order valence-electron chi connectivity index (χ0n) is 17.1. The summed E-state index contributed by atoms with van der Waals surface area (Å²) < 4.78 is 2.51. The molecule has 2 aromatic heterocycles. The van der Waals surface area contributed by atoms with Gasteiger partial charge in [0.2, 0.25) is 5.91 Å². The number of thioether (sulfide) groups is 1. The molecule has 32 heavy (non-hydrogen) atoms. The number of carbonyl (C=O) groups is 1. The van der Waals surface area contributed by atoms with E-state index in [4.69, 9.17) is 0 Å². The maximum atomic E-state index is 13.1. The highest BCUT2D eigenvalue weighted by molar-refractivity contribution is 9.10. The number of aromatic nitrogens is 4. The molecule has 4 aromatic rings. The van der Waals surface area contributed by atoms with E-state index in [-0.39, 0.29) is 18.1 Å². The van der Waals surface area contributed by atoms with Crippen LogP contribution in [0.1, 0.15) is 0 Å². The summed E-state index contributed by atoms with van der Waals surface area (Å²) in [5.41, 5.74) is 3.57. The van der Waals surface area contributed by atoms with Crippen LogP contribution >= 0.6 is 27.7 Å². The first kappa shape index (κ1) is 20.9. The van der Waals surface area contributed by atoms with E-state index in [1.165, 1.54) is 0 Å². The van der Waals surface area contributed by atoms with Crippen LogP contribution in [-0.2, 0) is 4.79 Å². The first-order valence-corrected chi connectivity index (χ1v) is 12.2. The summed E-state index contributed by atoms with van der Waals surface area (Å²) in [5, 5.41) is 3.18. The standard InChI is InChI=1S/C22H21BrN6O2S/c23-15-3-1-2-14(10-15)20-21(24-12-19(30)28-6-8-32-9-7-28)27-22(31)29(20)16-4-5-17-18(11-16)26-13-25-17/h1-5,10-11,13,24H,6-9,12H2,(H,25,26)(H,27,31). The Hall–Kier alpha value is -2.98. The minimum Gasteiger partial charge on any atom is -0.361 e. The number of nitrogens with one attached hydrogen (secondary N) is 3. The molecule has 0 saturated carbocycles. The molecule has 3 heterocycles. The van der Waals surface area contributed by atoms with Crippen molar-refractivity contribution in [3.63, 3.8) is 0 Å². The third kappa shape index (κ3) is 4.07. The van der Waals surface area contributed by atoms with Gasteiger partial charge in [-0.3, -0.25) is 14.3 Å². The number of benzene rings is 2. The molecule has 0 unspecified atom stereocenters. The topological polar surface area (TPSA) is 98.8 Å². The van der Waals surface area contributed by atoms with Gasteiger partial charge < -0.3 is 15.2 Å². The van der Waals surface area contributed by atoms with Crippen molar-refractivity contribution in [1.82, 2.24) is 24.4 Å². The van der Waals surface area contributed by atoms with E-state index in [9.17, 15) is 9.59 Å². The lowest BCUT2D eigenvalue weighted by Gasteiger charge is -2.26. The number of H-pyrrole nitrogens is 2. The molecule has 1 aliphatic rings. The Labute approximate surface area is 196 Å². The van der Waals surface area contributed by atoms with Crippen molar-refractivity contribution in [3.8, 4) is 16.9 Å². The lowest BCUT2D eigenvalue weighted by atomic mass is 10.1. The van der Waals surface area contributed by atoms with E-state index in [2.05, 4.69) is 36.2 Å². The van der Waals surface area contributed by atoms with Crippen LogP contribution in [0.3, 0.4) is 0 Å². The molecule has 1 saturated heterocycles. The molecule has 3 N–H and O–H groups in total. The van der Waals surface area contributed by atoms with Gasteiger partial charge in [-0.1, -0.05) is 28.1 Å². The number of aromatic amines is 2. The molecule has 1 amide bonds. The Balaban J connectivity index is 1.55. The second-order valence-corrected chi connectivity index (χ2v) is 9.59.